The van der Waals surface area contributed by atoms with Crippen molar-refractivity contribution in [1.29, 1.82) is 0 Å². The summed E-state index contributed by atoms with van der Waals surface area (Å²) < 4.78 is 12.4. The normalized spacial score (nSPS) is 20.7. The molecule has 4 nitrogen and oxygen atoms in total. The van der Waals surface area contributed by atoms with Crippen molar-refractivity contribution in [2.24, 2.45) is 5.41 Å². The summed E-state index contributed by atoms with van der Waals surface area (Å²) in [6.45, 7) is 6.72. The van der Waals surface area contributed by atoms with Gasteiger partial charge in [0.2, 0.25) is 5.91 Å². The number of anilines is 1. The lowest BCUT2D eigenvalue weighted by Crippen LogP contribution is -2.51. The fraction of sp³-hybridized carbons (Fsp3) is 0.391. The van der Waals surface area contributed by atoms with E-state index in [1.807, 2.05) is 35.2 Å². The van der Waals surface area contributed by atoms with Crippen molar-refractivity contribution in [3.05, 3.63) is 46.1 Å². The van der Waals surface area contributed by atoms with E-state index in [-0.39, 0.29) is 11.7 Å². The molecule has 1 aliphatic carbocycles. The van der Waals surface area contributed by atoms with Crippen LogP contribution in [0.2, 0.25) is 0 Å². The van der Waals surface area contributed by atoms with E-state index in [0.717, 1.165) is 17.0 Å². The van der Waals surface area contributed by atoms with Crippen molar-refractivity contribution in [3.8, 4) is 5.75 Å². The molecule has 0 atom stereocenters. The molecule has 0 N–H and O–H groups in total. The van der Waals surface area contributed by atoms with Gasteiger partial charge < -0.3 is 9.64 Å². The Kier molecular flexibility index (Phi) is 6.94. The summed E-state index contributed by atoms with van der Waals surface area (Å²) in [5.74, 6) is 1.11. The zero-order chi connectivity index (χ0) is 21.2. The van der Waals surface area contributed by atoms with Gasteiger partial charge in [-0.3, -0.25) is 9.59 Å². The summed E-state index contributed by atoms with van der Waals surface area (Å²) in [6.07, 6.45) is 6.05. The first-order chi connectivity index (χ1) is 13.9. The van der Waals surface area contributed by atoms with E-state index < -0.39 is 24.3 Å². The number of ketones is 1. The SMILES string of the molecule is C=CC1=C(I(=C)=C(C)SC)C2(CCC(=O)CC2)C(=O)N(c2ccc(OC)cc2)C1. The van der Waals surface area contributed by atoms with Gasteiger partial charge in [-0.05, 0) is 55.9 Å². The standard InChI is InChI=1S/C23H28INO3S/c1-6-17-15-25(18-7-9-20(28-4)10-8-18)22(27)23(13-11-19(26)12-14-23)21(17)24(3)16(2)29-5/h6-10H,1,3,11-15H2,2,4-5H3. The van der Waals surface area contributed by atoms with E-state index in [1.165, 1.54) is 6.42 Å². The van der Waals surface area contributed by atoms with Crippen LogP contribution in [0.4, 0.5) is 5.69 Å². The monoisotopic (exact) mass is 525 g/mol. The first-order valence-electron chi connectivity index (χ1n) is 9.58. The molecule has 1 heterocycles. The number of thioether (sulfide) groups is 1. The topological polar surface area (TPSA) is 46.6 Å². The molecule has 0 radical (unpaired) electrons. The Hall–Kier alpha value is -1.54. The first kappa shape index (κ1) is 22.2. The molecule has 0 bridgehead atoms. The van der Waals surface area contributed by atoms with Crippen LogP contribution >= 0.6 is 30.6 Å². The maximum Gasteiger partial charge on any atom is 0.238 e. The van der Waals surface area contributed by atoms with Crippen LogP contribution in [0.5, 0.6) is 5.75 Å². The molecule has 0 unspecified atom stereocenters. The minimum absolute atomic E-state index is 0.107. The van der Waals surface area contributed by atoms with Crippen molar-refractivity contribution in [2.45, 2.75) is 32.6 Å². The minimum atomic E-state index is -1.94. The van der Waals surface area contributed by atoms with Gasteiger partial charge in [0.1, 0.15) is 11.5 Å². The number of carbonyl (C=O) groups is 2. The third-order valence-electron chi connectivity index (χ3n) is 5.81. The highest BCUT2D eigenvalue weighted by molar-refractivity contribution is 14.2. The van der Waals surface area contributed by atoms with Crippen molar-refractivity contribution in [2.75, 3.05) is 24.8 Å². The van der Waals surface area contributed by atoms with Crippen LogP contribution < -0.4 is 9.64 Å². The number of hydrogen-bond donors (Lipinski definition) is 0. The first-order valence-corrected chi connectivity index (χ1v) is 14.5. The second-order valence-corrected chi connectivity index (χ2v) is 13.8. The Morgan fingerprint density at radius 1 is 1.24 bits per heavy atom. The highest BCUT2D eigenvalue weighted by atomic mass is 127. The average molecular weight is 525 g/mol. The van der Waals surface area contributed by atoms with Gasteiger partial charge in [-0.25, -0.2) is 0 Å². The number of benzene rings is 1. The molecule has 3 rings (SSSR count). The molecule has 1 spiro atoms. The molecule has 0 aromatic heterocycles. The van der Waals surface area contributed by atoms with Crippen molar-refractivity contribution >= 4 is 55.4 Å². The number of Topliss-reactive ketones (excluding diaryl/α,β-unsaturated/α-hetero) is 1. The summed E-state index contributed by atoms with van der Waals surface area (Å²) >= 11 is -0.198. The molecule has 6 heteroatoms. The smallest absolute Gasteiger partial charge is 0.238 e. The Morgan fingerprint density at radius 3 is 2.38 bits per heavy atom. The third-order valence-corrected chi connectivity index (χ3v) is 13.8. The summed E-state index contributed by atoms with van der Waals surface area (Å²) in [4.78, 5) is 27.9. The van der Waals surface area contributed by atoms with Crippen LogP contribution in [0.15, 0.2) is 46.1 Å². The number of halogens is 1. The van der Waals surface area contributed by atoms with Crippen LogP contribution in [0, 0.1) is 5.41 Å². The minimum Gasteiger partial charge on any atom is -0.497 e. The second-order valence-electron chi connectivity index (χ2n) is 7.29. The predicted octanol–water partition coefficient (Wildman–Crippen LogP) is 5.06. The quantitative estimate of drug-likeness (QED) is 0.505. The van der Waals surface area contributed by atoms with Gasteiger partial charge in [0, 0.05) is 24.9 Å². The molecule has 1 aromatic carbocycles. The number of nitrogens with zero attached hydrogens (tertiary/aromatic N) is 1. The van der Waals surface area contributed by atoms with Crippen LogP contribution in [-0.2, 0) is 9.59 Å². The lowest BCUT2D eigenvalue weighted by molar-refractivity contribution is -0.131. The van der Waals surface area contributed by atoms with E-state index in [2.05, 4.69) is 24.3 Å². The maximum absolute atomic E-state index is 13.9. The Morgan fingerprint density at radius 2 is 1.86 bits per heavy atom. The lowest BCUT2D eigenvalue weighted by Gasteiger charge is -2.45. The van der Waals surface area contributed by atoms with E-state index in [4.69, 9.17) is 4.74 Å². The van der Waals surface area contributed by atoms with Gasteiger partial charge in [0.05, 0.1) is 19.1 Å². The highest BCUT2D eigenvalue weighted by Gasteiger charge is 2.50. The highest BCUT2D eigenvalue weighted by Crippen LogP contribution is 2.54. The summed E-state index contributed by atoms with van der Waals surface area (Å²) in [5, 5.41) is 0. The van der Waals surface area contributed by atoms with E-state index in [9.17, 15) is 9.59 Å². The maximum atomic E-state index is 13.9. The number of carbonyl (C=O) groups excluding carboxylic acids is 2. The summed E-state index contributed by atoms with van der Waals surface area (Å²) in [5.41, 5.74) is 1.34. The van der Waals surface area contributed by atoms with Crippen LogP contribution in [0.3, 0.4) is 0 Å². The molecule has 1 fully saturated rings. The Bertz CT molecular complexity index is 945. The molecular weight excluding hydrogens is 497 g/mol. The molecule has 29 heavy (non-hydrogen) atoms. The molecule has 2 aliphatic rings. The Balaban J connectivity index is 2.19. The van der Waals surface area contributed by atoms with Gasteiger partial charge in [0.25, 0.3) is 0 Å². The van der Waals surface area contributed by atoms with E-state index in [0.29, 0.717) is 32.2 Å². The lowest BCUT2D eigenvalue weighted by atomic mass is 9.70. The third kappa shape index (κ3) is 4.06. The van der Waals surface area contributed by atoms with Crippen LogP contribution in [0.25, 0.3) is 0 Å². The zero-order valence-corrected chi connectivity index (χ0v) is 20.3. The number of hydrogen-bond acceptors (Lipinski definition) is 4. The van der Waals surface area contributed by atoms with Gasteiger partial charge in [-0.2, -0.15) is 0 Å². The van der Waals surface area contributed by atoms with E-state index in [1.54, 1.807) is 18.9 Å². The largest absolute Gasteiger partial charge is 0.497 e. The molecular formula is C23H28INO3S. The fourth-order valence-corrected chi connectivity index (χ4v) is 10.4. The summed E-state index contributed by atoms with van der Waals surface area (Å²) in [6, 6.07) is 7.59. The number of ether oxygens (including phenoxy) is 1. The van der Waals surface area contributed by atoms with Crippen LogP contribution in [0.1, 0.15) is 32.6 Å². The second kappa shape index (κ2) is 9.08. The fourth-order valence-electron chi connectivity index (χ4n) is 4.08. The van der Waals surface area contributed by atoms with E-state index >= 15 is 0 Å². The van der Waals surface area contributed by atoms with Crippen LogP contribution in [-0.4, -0.2) is 39.0 Å². The molecule has 1 amide bonds. The van der Waals surface area contributed by atoms with Gasteiger partial charge in [-0.1, -0.05) is 17.2 Å². The molecule has 1 aromatic rings. The molecule has 0 saturated heterocycles. The summed E-state index contributed by atoms with van der Waals surface area (Å²) in [7, 11) is 1.63. The average Bonchev–Trinajstić information content (AvgIpc) is 2.76. The number of methoxy groups -OCH3 is 1. The predicted molar refractivity (Wildman–Crippen MR) is 134 cm³/mol. The van der Waals surface area contributed by atoms with Crippen molar-refractivity contribution in [1.82, 2.24) is 0 Å². The molecule has 1 aliphatic heterocycles. The van der Waals surface area contributed by atoms with Crippen molar-refractivity contribution < 1.29 is 14.3 Å². The Labute approximate surface area is 183 Å². The number of rotatable bonds is 5. The molecule has 156 valence electrons. The number of amides is 1. The van der Waals surface area contributed by atoms with Gasteiger partial charge in [-0.15, -0.1) is 30.6 Å². The van der Waals surface area contributed by atoms with Gasteiger partial charge >= 0.3 is 0 Å². The zero-order valence-electron chi connectivity index (χ0n) is 17.3. The van der Waals surface area contributed by atoms with Crippen molar-refractivity contribution in [3.63, 3.8) is 0 Å². The van der Waals surface area contributed by atoms with Gasteiger partial charge in [0.15, 0.2) is 0 Å². The molecule has 1 saturated carbocycles.